The highest BCUT2D eigenvalue weighted by Crippen LogP contribution is 2.18. The number of nitrogens with one attached hydrogen (secondary N) is 1. The molecule has 1 amide bonds. The first kappa shape index (κ1) is 14.7. The van der Waals surface area contributed by atoms with Crippen LogP contribution in [0.15, 0.2) is 0 Å². The van der Waals surface area contributed by atoms with E-state index in [2.05, 4.69) is 10.2 Å². The highest BCUT2D eigenvalue weighted by atomic mass is 32.2. The maximum Gasteiger partial charge on any atom is 0.234 e. The fourth-order valence-corrected chi connectivity index (χ4v) is 4.49. The Hall–Kier alpha value is -0.660. The number of likely N-dealkylation sites (tertiary alicyclic amines) is 1. The number of sulfone groups is 1. The van der Waals surface area contributed by atoms with E-state index in [1.54, 1.807) is 0 Å². The summed E-state index contributed by atoms with van der Waals surface area (Å²) >= 11 is 0. The number of hydrogen-bond donors (Lipinski definition) is 2. The van der Waals surface area contributed by atoms with Crippen molar-refractivity contribution in [2.45, 2.75) is 31.8 Å². The molecule has 0 aromatic heterocycles. The minimum atomic E-state index is -2.93. The average Bonchev–Trinajstić information content (AvgIpc) is 2.85. The largest absolute Gasteiger partial charge is 0.351 e. The maximum absolute atomic E-state index is 11.9. The Bertz CT molecular complexity index is 436. The molecular formula is C12H23N3O3S. The average molecular weight is 289 g/mol. The molecule has 3 unspecified atom stereocenters. The van der Waals surface area contributed by atoms with E-state index in [0.29, 0.717) is 18.9 Å². The lowest BCUT2D eigenvalue weighted by molar-refractivity contribution is -0.122. The van der Waals surface area contributed by atoms with E-state index in [1.807, 2.05) is 6.92 Å². The van der Waals surface area contributed by atoms with E-state index in [1.165, 1.54) is 0 Å². The number of rotatable bonds is 4. The Morgan fingerprint density at radius 1 is 1.47 bits per heavy atom. The van der Waals surface area contributed by atoms with Crippen molar-refractivity contribution in [3.63, 3.8) is 0 Å². The molecule has 0 aliphatic carbocycles. The SMILES string of the molecule is CC(N)C1CCN(CC(=O)NC2CCS(=O)(=O)C2)C1. The van der Waals surface area contributed by atoms with Crippen LogP contribution in [0.5, 0.6) is 0 Å². The van der Waals surface area contributed by atoms with Gasteiger partial charge in [0.1, 0.15) is 0 Å². The molecular weight excluding hydrogens is 266 g/mol. The molecule has 0 bridgehead atoms. The third-order valence-corrected chi connectivity index (χ3v) is 5.79. The number of hydrogen-bond acceptors (Lipinski definition) is 5. The maximum atomic E-state index is 11.9. The molecule has 7 heteroatoms. The van der Waals surface area contributed by atoms with Crippen LogP contribution < -0.4 is 11.1 Å². The molecule has 2 saturated heterocycles. The Labute approximate surface area is 114 Å². The molecule has 0 aromatic rings. The zero-order chi connectivity index (χ0) is 14.0. The molecule has 0 aromatic carbocycles. The summed E-state index contributed by atoms with van der Waals surface area (Å²) in [5, 5.41) is 2.81. The predicted molar refractivity (Wildman–Crippen MR) is 73.4 cm³/mol. The molecule has 110 valence electrons. The molecule has 3 N–H and O–H groups in total. The fourth-order valence-electron chi connectivity index (χ4n) is 2.82. The van der Waals surface area contributed by atoms with Gasteiger partial charge in [-0.3, -0.25) is 9.69 Å². The van der Waals surface area contributed by atoms with E-state index < -0.39 is 9.84 Å². The second-order valence-electron chi connectivity index (χ2n) is 5.81. The molecule has 19 heavy (non-hydrogen) atoms. The van der Waals surface area contributed by atoms with Crippen molar-refractivity contribution in [1.29, 1.82) is 0 Å². The lowest BCUT2D eigenvalue weighted by Crippen LogP contribution is -2.42. The number of carbonyl (C=O) groups is 1. The number of nitrogens with zero attached hydrogens (tertiary/aromatic N) is 1. The van der Waals surface area contributed by atoms with Crippen molar-refractivity contribution in [1.82, 2.24) is 10.2 Å². The van der Waals surface area contributed by atoms with Gasteiger partial charge < -0.3 is 11.1 Å². The smallest absolute Gasteiger partial charge is 0.234 e. The second kappa shape index (κ2) is 5.76. The van der Waals surface area contributed by atoms with Crippen LogP contribution >= 0.6 is 0 Å². The Morgan fingerprint density at radius 3 is 2.74 bits per heavy atom. The Balaban J connectivity index is 1.74. The van der Waals surface area contributed by atoms with Crippen LogP contribution in [-0.2, 0) is 14.6 Å². The topological polar surface area (TPSA) is 92.5 Å². The molecule has 3 atom stereocenters. The van der Waals surface area contributed by atoms with Crippen LogP contribution in [0.1, 0.15) is 19.8 Å². The first-order valence-corrected chi connectivity index (χ1v) is 8.65. The fraction of sp³-hybridized carbons (Fsp3) is 0.917. The lowest BCUT2D eigenvalue weighted by Gasteiger charge is -2.18. The second-order valence-corrected chi connectivity index (χ2v) is 8.04. The molecule has 0 saturated carbocycles. The monoisotopic (exact) mass is 289 g/mol. The summed E-state index contributed by atoms with van der Waals surface area (Å²) in [4.78, 5) is 14.0. The quantitative estimate of drug-likeness (QED) is 0.689. The summed E-state index contributed by atoms with van der Waals surface area (Å²) in [5.41, 5.74) is 5.86. The van der Waals surface area contributed by atoms with Gasteiger partial charge in [0.05, 0.1) is 18.1 Å². The van der Waals surface area contributed by atoms with Crippen LogP contribution in [-0.4, -0.2) is 62.4 Å². The lowest BCUT2D eigenvalue weighted by atomic mass is 10.0. The van der Waals surface area contributed by atoms with Crippen LogP contribution in [0.2, 0.25) is 0 Å². The molecule has 6 nitrogen and oxygen atoms in total. The van der Waals surface area contributed by atoms with Crippen molar-refractivity contribution >= 4 is 15.7 Å². The van der Waals surface area contributed by atoms with Crippen LogP contribution in [0, 0.1) is 5.92 Å². The third-order valence-electron chi connectivity index (χ3n) is 4.02. The van der Waals surface area contributed by atoms with E-state index in [9.17, 15) is 13.2 Å². The summed E-state index contributed by atoms with van der Waals surface area (Å²) in [6, 6.07) is -0.0441. The normalized spacial score (nSPS) is 32.3. The third kappa shape index (κ3) is 4.15. The molecule has 2 heterocycles. The highest BCUT2D eigenvalue weighted by molar-refractivity contribution is 7.91. The van der Waals surface area contributed by atoms with Crippen molar-refractivity contribution in [2.75, 3.05) is 31.1 Å². The number of carbonyl (C=O) groups excluding carboxylic acids is 1. The van der Waals surface area contributed by atoms with Gasteiger partial charge >= 0.3 is 0 Å². The zero-order valence-electron chi connectivity index (χ0n) is 11.3. The minimum Gasteiger partial charge on any atom is -0.351 e. The van der Waals surface area contributed by atoms with Crippen molar-refractivity contribution in [2.24, 2.45) is 11.7 Å². The van der Waals surface area contributed by atoms with Gasteiger partial charge in [0, 0.05) is 18.6 Å². The van der Waals surface area contributed by atoms with Gasteiger partial charge in [-0.2, -0.15) is 0 Å². The number of nitrogens with two attached hydrogens (primary N) is 1. The van der Waals surface area contributed by atoms with Crippen LogP contribution in [0.3, 0.4) is 0 Å². The number of amides is 1. The Morgan fingerprint density at radius 2 is 2.21 bits per heavy atom. The molecule has 2 aliphatic heterocycles. The van der Waals surface area contributed by atoms with Crippen molar-refractivity contribution in [3.8, 4) is 0 Å². The summed E-state index contributed by atoms with van der Waals surface area (Å²) in [7, 11) is -2.93. The molecule has 0 spiro atoms. The van der Waals surface area contributed by atoms with Gasteiger partial charge in [-0.25, -0.2) is 8.42 Å². The molecule has 0 radical (unpaired) electrons. The van der Waals surface area contributed by atoms with Crippen molar-refractivity contribution in [3.05, 3.63) is 0 Å². The van der Waals surface area contributed by atoms with Gasteiger partial charge in [-0.1, -0.05) is 0 Å². The minimum absolute atomic E-state index is 0.0765. The van der Waals surface area contributed by atoms with E-state index in [0.717, 1.165) is 19.5 Å². The van der Waals surface area contributed by atoms with E-state index in [4.69, 9.17) is 5.73 Å². The Kier molecular flexibility index (Phi) is 4.47. The predicted octanol–water partition coefficient (Wildman–Crippen LogP) is -1.04. The van der Waals surface area contributed by atoms with Gasteiger partial charge in [-0.05, 0) is 32.2 Å². The van der Waals surface area contributed by atoms with Crippen LogP contribution in [0.4, 0.5) is 0 Å². The summed E-state index contributed by atoms with van der Waals surface area (Å²) in [6.07, 6.45) is 1.57. The van der Waals surface area contributed by atoms with Gasteiger partial charge in [-0.15, -0.1) is 0 Å². The zero-order valence-corrected chi connectivity index (χ0v) is 12.2. The van der Waals surface area contributed by atoms with Crippen molar-refractivity contribution < 1.29 is 13.2 Å². The molecule has 2 rings (SSSR count). The van der Waals surface area contributed by atoms with Crippen LogP contribution in [0.25, 0.3) is 0 Å². The van der Waals surface area contributed by atoms with Gasteiger partial charge in [0.2, 0.25) is 5.91 Å². The summed E-state index contributed by atoms with van der Waals surface area (Å²) in [6.45, 7) is 4.09. The standard InChI is InChI=1S/C12H23N3O3S/c1-9(13)10-2-4-15(6-10)7-12(16)14-11-3-5-19(17,18)8-11/h9-11H,2-8,13H2,1H3,(H,14,16). The highest BCUT2D eigenvalue weighted by Gasteiger charge is 2.30. The molecule has 2 fully saturated rings. The first-order chi connectivity index (χ1) is 8.85. The van der Waals surface area contributed by atoms with Gasteiger partial charge in [0.25, 0.3) is 0 Å². The van der Waals surface area contributed by atoms with Gasteiger partial charge in [0.15, 0.2) is 9.84 Å². The molecule has 2 aliphatic rings. The van der Waals surface area contributed by atoms with E-state index >= 15 is 0 Å². The first-order valence-electron chi connectivity index (χ1n) is 6.83. The summed E-state index contributed by atoms with van der Waals surface area (Å²) in [5.74, 6) is 0.655. The summed E-state index contributed by atoms with van der Waals surface area (Å²) < 4.78 is 22.6. The van der Waals surface area contributed by atoms with E-state index in [-0.39, 0.29) is 29.5 Å².